The van der Waals surface area contributed by atoms with E-state index in [1.165, 1.54) is 24.0 Å². The van der Waals surface area contributed by atoms with Crippen LogP contribution < -0.4 is 10.5 Å². The van der Waals surface area contributed by atoms with Crippen molar-refractivity contribution in [2.45, 2.75) is 18.2 Å². The molecule has 0 aromatic heterocycles. The fourth-order valence-electron chi connectivity index (χ4n) is 1.88. The minimum absolute atomic E-state index is 0.0221. The van der Waals surface area contributed by atoms with Crippen molar-refractivity contribution in [3.63, 3.8) is 0 Å². The van der Waals surface area contributed by atoms with Gasteiger partial charge in [0.05, 0.1) is 11.4 Å². The predicted molar refractivity (Wildman–Crippen MR) is 87.0 cm³/mol. The SMILES string of the molecule is C=CCN(CC(=O)NCCc1ccc(S(N)(=O)=O)cc1)C(C)=O. The van der Waals surface area contributed by atoms with Crippen LogP contribution in [0.25, 0.3) is 0 Å². The number of nitrogens with one attached hydrogen (secondary N) is 1. The van der Waals surface area contributed by atoms with Gasteiger partial charge >= 0.3 is 0 Å². The summed E-state index contributed by atoms with van der Waals surface area (Å²) in [5.74, 6) is -0.457. The van der Waals surface area contributed by atoms with E-state index >= 15 is 0 Å². The number of benzene rings is 1. The van der Waals surface area contributed by atoms with Crippen LogP contribution in [0.2, 0.25) is 0 Å². The summed E-state index contributed by atoms with van der Waals surface area (Å²) >= 11 is 0. The standard InChI is InChI=1S/C15H21N3O4S/c1-3-10-18(12(2)19)11-15(20)17-9-8-13-4-6-14(7-5-13)23(16,21)22/h3-7H,1,8-11H2,2H3,(H,17,20)(H2,16,21,22). The van der Waals surface area contributed by atoms with Crippen molar-refractivity contribution in [1.29, 1.82) is 0 Å². The maximum atomic E-state index is 11.8. The maximum Gasteiger partial charge on any atom is 0.239 e. The summed E-state index contributed by atoms with van der Waals surface area (Å²) < 4.78 is 22.3. The quantitative estimate of drug-likeness (QED) is 0.651. The molecule has 23 heavy (non-hydrogen) atoms. The molecule has 0 bridgehead atoms. The van der Waals surface area contributed by atoms with Gasteiger partial charge in [0.25, 0.3) is 0 Å². The van der Waals surface area contributed by atoms with Gasteiger partial charge in [0, 0.05) is 20.0 Å². The number of rotatable bonds is 8. The lowest BCUT2D eigenvalue weighted by molar-refractivity contribution is -0.133. The first kappa shape index (κ1) is 18.9. The summed E-state index contributed by atoms with van der Waals surface area (Å²) in [6.07, 6.45) is 2.10. The van der Waals surface area contributed by atoms with E-state index in [0.717, 1.165) is 5.56 Å². The number of carbonyl (C=O) groups excluding carboxylic acids is 2. The molecule has 0 heterocycles. The molecule has 3 N–H and O–H groups in total. The molecular formula is C15H21N3O4S. The Morgan fingerprint density at radius 1 is 1.30 bits per heavy atom. The fraction of sp³-hybridized carbons (Fsp3) is 0.333. The van der Waals surface area contributed by atoms with Gasteiger partial charge in [-0.3, -0.25) is 9.59 Å². The topological polar surface area (TPSA) is 110 Å². The average molecular weight is 339 g/mol. The van der Waals surface area contributed by atoms with E-state index in [4.69, 9.17) is 5.14 Å². The number of hydrogen-bond donors (Lipinski definition) is 2. The first-order valence-electron chi connectivity index (χ1n) is 6.99. The zero-order valence-corrected chi connectivity index (χ0v) is 13.8. The highest BCUT2D eigenvalue weighted by Crippen LogP contribution is 2.08. The average Bonchev–Trinajstić information content (AvgIpc) is 2.46. The molecule has 2 amide bonds. The van der Waals surface area contributed by atoms with Crippen LogP contribution in [-0.4, -0.2) is 44.8 Å². The summed E-state index contributed by atoms with van der Waals surface area (Å²) in [5, 5.41) is 7.73. The number of nitrogens with zero attached hydrogens (tertiary/aromatic N) is 1. The number of sulfonamides is 1. The van der Waals surface area contributed by atoms with E-state index in [0.29, 0.717) is 19.5 Å². The van der Waals surface area contributed by atoms with Gasteiger partial charge in [-0.1, -0.05) is 18.2 Å². The fourth-order valence-corrected chi connectivity index (χ4v) is 2.40. The number of amides is 2. The number of primary sulfonamides is 1. The van der Waals surface area contributed by atoms with Crippen molar-refractivity contribution in [3.8, 4) is 0 Å². The van der Waals surface area contributed by atoms with E-state index in [1.54, 1.807) is 18.2 Å². The van der Waals surface area contributed by atoms with Gasteiger partial charge in [-0.15, -0.1) is 6.58 Å². The van der Waals surface area contributed by atoms with Gasteiger partial charge in [0.2, 0.25) is 21.8 Å². The van der Waals surface area contributed by atoms with Crippen molar-refractivity contribution < 1.29 is 18.0 Å². The van der Waals surface area contributed by atoms with Gasteiger partial charge in [-0.25, -0.2) is 13.6 Å². The summed E-state index contributed by atoms with van der Waals surface area (Å²) in [6, 6.07) is 6.14. The minimum atomic E-state index is -3.70. The van der Waals surface area contributed by atoms with Crippen molar-refractivity contribution in [2.24, 2.45) is 5.14 Å². The molecular weight excluding hydrogens is 318 g/mol. The normalized spacial score (nSPS) is 10.9. The van der Waals surface area contributed by atoms with Crippen molar-refractivity contribution in [2.75, 3.05) is 19.6 Å². The van der Waals surface area contributed by atoms with Crippen LogP contribution in [0.3, 0.4) is 0 Å². The Balaban J connectivity index is 2.46. The van der Waals surface area contributed by atoms with E-state index in [-0.39, 0.29) is 23.3 Å². The molecule has 0 aliphatic heterocycles. The Hall–Kier alpha value is -2.19. The zero-order valence-electron chi connectivity index (χ0n) is 13.0. The first-order chi connectivity index (χ1) is 10.7. The number of nitrogens with two attached hydrogens (primary N) is 1. The summed E-state index contributed by atoms with van der Waals surface area (Å²) in [6.45, 7) is 5.61. The van der Waals surface area contributed by atoms with Crippen molar-refractivity contribution >= 4 is 21.8 Å². The molecule has 0 saturated carbocycles. The van der Waals surface area contributed by atoms with Crippen LogP contribution in [0.15, 0.2) is 41.8 Å². The Morgan fingerprint density at radius 2 is 1.91 bits per heavy atom. The summed E-state index contributed by atoms with van der Waals surface area (Å²) in [5.41, 5.74) is 0.868. The van der Waals surface area contributed by atoms with Gasteiger partial charge in [0.15, 0.2) is 0 Å². The molecule has 126 valence electrons. The molecule has 0 fully saturated rings. The molecule has 0 atom stereocenters. The Labute approximate surface area is 136 Å². The van der Waals surface area contributed by atoms with Gasteiger partial charge in [-0.2, -0.15) is 0 Å². The number of carbonyl (C=O) groups is 2. The van der Waals surface area contributed by atoms with E-state index in [9.17, 15) is 18.0 Å². The third-order valence-corrected chi connectivity index (χ3v) is 4.05. The highest BCUT2D eigenvalue weighted by molar-refractivity contribution is 7.89. The second-order valence-electron chi connectivity index (χ2n) is 4.98. The lowest BCUT2D eigenvalue weighted by atomic mass is 10.1. The molecule has 8 heteroatoms. The third-order valence-electron chi connectivity index (χ3n) is 3.12. The maximum absolute atomic E-state index is 11.8. The molecule has 0 saturated heterocycles. The van der Waals surface area contributed by atoms with Crippen LogP contribution in [0.5, 0.6) is 0 Å². The van der Waals surface area contributed by atoms with Crippen LogP contribution in [0.4, 0.5) is 0 Å². The Kier molecular flexibility index (Phi) is 6.92. The molecule has 0 spiro atoms. The van der Waals surface area contributed by atoms with Crippen LogP contribution in [-0.2, 0) is 26.0 Å². The van der Waals surface area contributed by atoms with Gasteiger partial charge < -0.3 is 10.2 Å². The Bertz CT molecular complexity index is 668. The molecule has 1 aromatic carbocycles. The predicted octanol–water partition coefficient (Wildman–Crippen LogP) is 0.0272. The van der Waals surface area contributed by atoms with Crippen LogP contribution in [0, 0.1) is 0 Å². The lowest BCUT2D eigenvalue weighted by Gasteiger charge is -2.18. The molecule has 0 aliphatic carbocycles. The third kappa shape index (κ3) is 6.62. The zero-order chi connectivity index (χ0) is 17.5. The molecule has 0 unspecified atom stereocenters. The molecule has 1 rings (SSSR count). The molecule has 7 nitrogen and oxygen atoms in total. The van der Waals surface area contributed by atoms with Crippen molar-refractivity contribution in [1.82, 2.24) is 10.2 Å². The van der Waals surface area contributed by atoms with Gasteiger partial charge in [-0.05, 0) is 24.1 Å². The highest BCUT2D eigenvalue weighted by Gasteiger charge is 2.11. The minimum Gasteiger partial charge on any atom is -0.354 e. The smallest absolute Gasteiger partial charge is 0.239 e. The summed E-state index contributed by atoms with van der Waals surface area (Å²) in [7, 11) is -3.70. The van der Waals surface area contributed by atoms with Crippen LogP contribution >= 0.6 is 0 Å². The molecule has 0 radical (unpaired) electrons. The van der Waals surface area contributed by atoms with Crippen molar-refractivity contribution in [3.05, 3.63) is 42.5 Å². The van der Waals surface area contributed by atoms with E-state index < -0.39 is 10.0 Å². The van der Waals surface area contributed by atoms with Gasteiger partial charge in [0.1, 0.15) is 0 Å². The first-order valence-corrected chi connectivity index (χ1v) is 8.53. The molecule has 0 aliphatic rings. The van der Waals surface area contributed by atoms with E-state index in [1.807, 2.05) is 0 Å². The van der Waals surface area contributed by atoms with E-state index in [2.05, 4.69) is 11.9 Å². The largest absolute Gasteiger partial charge is 0.354 e. The Morgan fingerprint density at radius 3 is 2.39 bits per heavy atom. The van der Waals surface area contributed by atoms with Crippen LogP contribution in [0.1, 0.15) is 12.5 Å². The molecule has 1 aromatic rings. The summed E-state index contributed by atoms with van der Waals surface area (Å²) in [4.78, 5) is 24.5. The highest BCUT2D eigenvalue weighted by atomic mass is 32.2. The number of hydrogen-bond acceptors (Lipinski definition) is 4. The second kappa shape index (κ2) is 8.44. The monoisotopic (exact) mass is 339 g/mol. The lowest BCUT2D eigenvalue weighted by Crippen LogP contribution is -2.40. The second-order valence-corrected chi connectivity index (χ2v) is 6.54.